The third-order valence-electron chi connectivity index (χ3n) is 3.30. The van der Waals surface area contributed by atoms with E-state index in [1.54, 1.807) is 19.9 Å². The lowest BCUT2D eigenvalue weighted by Gasteiger charge is -2.19. The number of rotatable bonds is 3. The van der Waals surface area contributed by atoms with Crippen LogP contribution in [0.3, 0.4) is 0 Å². The minimum Gasteiger partial charge on any atom is -0.464 e. The van der Waals surface area contributed by atoms with Gasteiger partial charge in [0, 0.05) is 12.3 Å². The summed E-state index contributed by atoms with van der Waals surface area (Å²) in [5.74, 6) is -1.26. The number of ether oxygens (including phenoxy) is 1. The van der Waals surface area contributed by atoms with Gasteiger partial charge >= 0.3 is 5.97 Å². The van der Waals surface area contributed by atoms with E-state index in [4.69, 9.17) is 4.74 Å². The second-order valence-electron chi connectivity index (χ2n) is 4.61. The van der Waals surface area contributed by atoms with Gasteiger partial charge in [0.05, 0.1) is 6.61 Å². The Bertz CT molecular complexity index is 515. The molecule has 2 rings (SSSR count). The van der Waals surface area contributed by atoms with Crippen LogP contribution in [0.2, 0.25) is 0 Å². The van der Waals surface area contributed by atoms with E-state index >= 15 is 0 Å². The Kier molecular flexibility index (Phi) is 3.83. The van der Waals surface area contributed by atoms with Gasteiger partial charge in [0.1, 0.15) is 11.9 Å². The van der Waals surface area contributed by atoms with E-state index in [-0.39, 0.29) is 30.7 Å². The number of nitrogens with one attached hydrogen (secondary N) is 1. The van der Waals surface area contributed by atoms with Crippen LogP contribution in [-0.2, 0) is 14.3 Å². The second kappa shape index (κ2) is 5.38. The molecule has 1 aromatic rings. The fourth-order valence-corrected chi connectivity index (χ4v) is 2.45. The van der Waals surface area contributed by atoms with Crippen molar-refractivity contribution >= 4 is 11.9 Å². The normalized spacial score (nSPS) is 22.2. The molecule has 2 atom stereocenters. The maximum Gasteiger partial charge on any atom is 0.329 e. The Morgan fingerprint density at radius 2 is 2.26 bits per heavy atom. The van der Waals surface area contributed by atoms with Crippen molar-refractivity contribution in [3.05, 3.63) is 35.1 Å². The van der Waals surface area contributed by atoms with Crippen molar-refractivity contribution in [3.8, 4) is 0 Å². The second-order valence-corrected chi connectivity index (χ2v) is 4.61. The van der Waals surface area contributed by atoms with Crippen molar-refractivity contribution < 1.29 is 18.7 Å². The van der Waals surface area contributed by atoms with Crippen molar-refractivity contribution in [3.63, 3.8) is 0 Å². The number of amides is 1. The third kappa shape index (κ3) is 2.75. The van der Waals surface area contributed by atoms with E-state index in [0.717, 1.165) is 11.1 Å². The summed E-state index contributed by atoms with van der Waals surface area (Å²) in [6, 6.07) is 3.69. The zero-order valence-electron chi connectivity index (χ0n) is 10.9. The first kappa shape index (κ1) is 13.5. The van der Waals surface area contributed by atoms with Crippen LogP contribution >= 0.6 is 0 Å². The highest BCUT2D eigenvalue weighted by Gasteiger charge is 2.39. The molecule has 0 radical (unpaired) electrons. The Labute approximate surface area is 110 Å². The molecule has 0 aromatic heterocycles. The van der Waals surface area contributed by atoms with Gasteiger partial charge in [-0.15, -0.1) is 0 Å². The molecule has 1 heterocycles. The number of carbonyl (C=O) groups is 2. The third-order valence-corrected chi connectivity index (χ3v) is 3.30. The summed E-state index contributed by atoms with van der Waals surface area (Å²) >= 11 is 0. The SMILES string of the molecule is CCOC(=O)C1NC(=O)CC1c1ccc(F)cc1C. The number of esters is 1. The first-order chi connectivity index (χ1) is 9.02. The van der Waals surface area contributed by atoms with Crippen LogP contribution < -0.4 is 5.32 Å². The Morgan fingerprint density at radius 1 is 1.53 bits per heavy atom. The molecule has 4 nitrogen and oxygen atoms in total. The van der Waals surface area contributed by atoms with Gasteiger partial charge in [0.25, 0.3) is 0 Å². The maximum atomic E-state index is 13.1. The Hall–Kier alpha value is -1.91. The summed E-state index contributed by atoms with van der Waals surface area (Å²) in [6.07, 6.45) is 0.218. The number of aryl methyl sites for hydroxylation is 1. The molecule has 1 aromatic carbocycles. The molecule has 2 unspecified atom stereocenters. The number of halogens is 1. The van der Waals surface area contributed by atoms with E-state index in [2.05, 4.69) is 5.32 Å². The minimum atomic E-state index is -0.684. The van der Waals surface area contributed by atoms with E-state index in [1.807, 2.05) is 0 Å². The first-order valence-electron chi connectivity index (χ1n) is 6.25. The van der Waals surface area contributed by atoms with Crippen LogP contribution in [0.25, 0.3) is 0 Å². The minimum absolute atomic E-state index is 0.188. The van der Waals surface area contributed by atoms with Crippen molar-refractivity contribution in [1.82, 2.24) is 5.32 Å². The number of benzene rings is 1. The fraction of sp³-hybridized carbons (Fsp3) is 0.429. The van der Waals surface area contributed by atoms with Gasteiger partial charge in [-0.05, 0) is 37.1 Å². The van der Waals surface area contributed by atoms with Gasteiger partial charge in [-0.1, -0.05) is 6.07 Å². The molecule has 19 heavy (non-hydrogen) atoms. The first-order valence-corrected chi connectivity index (χ1v) is 6.25. The highest BCUT2D eigenvalue weighted by Crippen LogP contribution is 2.31. The molecule has 1 aliphatic rings. The zero-order chi connectivity index (χ0) is 14.0. The molecular weight excluding hydrogens is 249 g/mol. The Morgan fingerprint density at radius 3 is 2.89 bits per heavy atom. The highest BCUT2D eigenvalue weighted by atomic mass is 19.1. The molecule has 0 saturated carbocycles. The molecule has 0 aliphatic carbocycles. The summed E-state index contributed by atoms with van der Waals surface area (Å²) in [5.41, 5.74) is 1.54. The fourth-order valence-electron chi connectivity index (χ4n) is 2.45. The number of hydrogen-bond donors (Lipinski definition) is 1. The van der Waals surface area contributed by atoms with Gasteiger partial charge < -0.3 is 10.1 Å². The predicted molar refractivity (Wildman–Crippen MR) is 67.1 cm³/mol. The Balaban J connectivity index is 2.30. The molecule has 1 amide bonds. The van der Waals surface area contributed by atoms with Gasteiger partial charge in [0.15, 0.2) is 0 Å². The summed E-state index contributed by atoms with van der Waals surface area (Å²) in [4.78, 5) is 23.4. The monoisotopic (exact) mass is 265 g/mol. The van der Waals surface area contributed by atoms with Crippen molar-refractivity contribution in [2.75, 3.05) is 6.61 Å². The largest absolute Gasteiger partial charge is 0.464 e. The van der Waals surface area contributed by atoms with Crippen molar-refractivity contribution in [2.45, 2.75) is 32.2 Å². The lowest BCUT2D eigenvalue weighted by Crippen LogP contribution is -2.37. The van der Waals surface area contributed by atoms with E-state index < -0.39 is 12.0 Å². The maximum absolute atomic E-state index is 13.1. The molecule has 1 fully saturated rings. The smallest absolute Gasteiger partial charge is 0.329 e. The molecule has 1 aliphatic heterocycles. The molecule has 1 N–H and O–H groups in total. The van der Waals surface area contributed by atoms with Gasteiger partial charge in [-0.25, -0.2) is 9.18 Å². The molecule has 102 valence electrons. The van der Waals surface area contributed by atoms with Crippen LogP contribution in [0.5, 0.6) is 0 Å². The van der Waals surface area contributed by atoms with Gasteiger partial charge in [0.2, 0.25) is 5.91 Å². The molecule has 1 saturated heterocycles. The van der Waals surface area contributed by atoms with Crippen LogP contribution in [0, 0.1) is 12.7 Å². The van der Waals surface area contributed by atoms with Crippen LogP contribution in [0.1, 0.15) is 30.4 Å². The molecular formula is C14H16FNO3. The average molecular weight is 265 g/mol. The highest BCUT2D eigenvalue weighted by molar-refractivity contribution is 5.90. The average Bonchev–Trinajstić information content (AvgIpc) is 2.71. The van der Waals surface area contributed by atoms with E-state index in [1.165, 1.54) is 12.1 Å². The predicted octanol–water partition coefficient (Wildman–Crippen LogP) is 1.67. The van der Waals surface area contributed by atoms with E-state index in [9.17, 15) is 14.0 Å². The van der Waals surface area contributed by atoms with Crippen LogP contribution in [-0.4, -0.2) is 24.5 Å². The summed E-state index contributed by atoms with van der Waals surface area (Å²) < 4.78 is 18.1. The summed E-state index contributed by atoms with van der Waals surface area (Å²) in [5, 5.41) is 2.62. The summed E-state index contributed by atoms with van der Waals surface area (Å²) in [6.45, 7) is 3.75. The number of carbonyl (C=O) groups excluding carboxylic acids is 2. The zero-order valence-corrected chi connectivity index (χ0v) is 10.9. The lowest BCUT2D eigenvalue weighted by atomic mass is 9.89. The quantitative estimate of drug-likeness (QED) is 0.846. The summed E-state index contributed by atoms with van der Waals surface area (Å²) in [7, 11) is 0. The topological polar surface area (TPSA) is 55.4 Å². The van der Waals surface area contributed by atoms with Crippen LogP contribution in [0.15, 0.2) is 18.2 Å². The molecule has 5 heteroatoms. The van der Waals surface area contributed by atoms with E-state index in [0.29, 0.717) is 0 Å². The van der Waals surface area contributed by atoms with Crippen molar-refractivity contribution in [1.29, 1.82) is 0 Å². The molecule has 0 spiro atoms. The van der Waals surface area contributed by atoms with Crippen LogP contribution in [0.4, 0.5) is 4.39 Å². The number of hydrogen-bond acceptors (Lipinski definition) is 3. The molecule has 0 bridgehead atoms. The standard InChI is InChI=1S/C14H16FNO3/c1-3-19-14(18)13-11(7-12(17)16-13)10-5-4-9(15)6-8(10)2/h4-6,11,13H,3,7H2,1-2H3,(H,16,17). The van der Waals surface area contributed by atoms with Gasteiger partial charge in [-0.3, -0.25) is 4.79 Å². The lowest BCUT2D eigenvalue weighted by molar-refractivity contribution is -0.146. The van der Waals surface area contributed by atoms with Crippen molar-refractivity contribution in [2.24, 2.45) is 0 Å². The van der Waals surface area contributed by atoms with Gasteiger partial charge in [-0.2, -0.15) is 0 Å².